The van der Waals surface area contributed by atoms with Gasteiger partial charge in [0.15, 0.2) is 17.3 Å². The van der Waals surface area contributed by atoms with Crippen molar-refractivity contribution in [1.82, 2.24) is 4.90 Å². The zero-order chi connectivity index (χ0) is 26.8. The fraction of sp³-hybridized carbons (Fsp3) is 0.207. The number of nitro groups is 1. The lowest BCUT2D eigenvalue weighted by Crippen LogP contribution is -2.44. The quantitative estimate of drug-likeness (QED) is 0.219. The molecule has 0 spiro atoms. The summed E-state index contributed by atoms with van der Waals surface area (Å²) in [5, 5.41) is 11.1. The van der Waals surface area contributed by atoms with Crippen LogP contribution in [0.15, 0.2) is 72.9 Å². The molecule has 4 aliphatic rings. The third-order valence-electron chi connectivity index (χ3n) is 7.88. The molecule has 2 fully saturated rings. The highest BCUT2D eigenvalue weighted by atomic mass is 16.6. The summed E-state index contributed by atoms with van der Waals surface area (Å²) in [5.41, 5.74) is 2.22. The number of nitro benzene ring substituents is 1. The van der Waals surface area contributed by atoms with Gasteiger partial charge in [0.1, 0.15) is 19.3 Å². The van der Waals surface area contributed by atoms with Crippen molar-refractivity contribution in [3.05, 3.63) is 99.7 Å². The molecule has 194 valence electrons. The van der Waals surface area contributed by atoms with Gasteiger partial charge in [-0.1, -0.05) is 24.3 Å². The summed E-state index contributed by atoms with van der Waals surface area (Å²) in [7, 11) is 0. The Bertz CT molecular complexity index is 1600. The molecule has 0 unspecified atom stereocenters. The van der Waals surface area contributed by atoms with Crippen molar-refractivity contribution in [1.29, 1.82) is 0 Å². The summed E-state index contributed by atoms with van der Waals surface area (Å²) in [6.07, 6.45) is 3.64. The molecule has 3 aromatic carbocycles. The summed E-state index contributed by atoms with van der Waals surface area (Å²) in [5.74, 6) is -2.01. The minimum absolute atomic E-state index is 0.141. The van der Waals surface area contributed by atoms with Crippen LogP contribution in [0.1, 0.15) is 27.5 Å². The molecule has 0 bridgehead atoms. The Labute approximate surface area is 222 Å². The zero-order valence-electron chi connectivity index (χ0n) is 20.4. The monoisotopic (exact) mass is 523 g/mol. The number of nitrogens with zero attached hydrogens (tertiary/aromatic N) is 3. The molecule has 3 aromatic rings. The molecule has 4 atom stereocenters. The van der Waals surface area contributed by atoms with Gasteiger partial charge in [-0.15, -0.1) is 0 Å². The number of amides is 2. The Morgan fingerprint density at radius 2 is 1.62 bits per heavy atom. The van der Waals surface area contributed by atoms with Crippen molar-refractivity contribution in [3.8, 4) is 11.5 Å². The SMILES string of the molecule is O=C(c1ccc([N+](=O)[O-])cc1)[C@@H]1[C@@H]2C(=O)N(c3ccc4c(c3)OCCO4)C(=O)[C@@H]2[C@@H]2c3ccccc3C=CN12. The largest absolute Gasteiger partial charge is 0.486 e. The zero-order valence-corrected chi connectivity index (χ0v) is 20.4. The molecule has 7 rings (SSSR count). The van der Waals surface area contributed by atoms with Crippen molar-refractivity contribution in [3.63, 3.8) is 0 Å². The van der Waals surface area contributed by atoms with E-state index in [9.17, 15) is 24.5 Å². The number of benzene rings is 3. The number of ether oxygens (including phenoxy) is 2. The van der Waals surface area contributed by atoms with Gasteiger partial charge >= 0.3 is 0 Å². The Morgan fingerprint density at radius 1 is 0.897 bits per heavy atom. The average molecular weight is 524 g/mol. The van der Waals surface area contributed by atoms with Crippen molar-refractivity contribution < 1.29 is 28.8 Å². The van der Waals surface area contributed by atoms with Crippen LogP contribution in [0, 0.1) is 22.0 Å². The third-order valence-corrected chi connectivity index (χ3v) is 7.88. The van der Waals surface area contributed by atoms with E-state index in [2.05, 4.69) is 0 Å². The molecule has 0 saturated carbocycles. The van der Waals surface area contributed by atoms with Crippen LogP contribution in [0.25, 0.3) is 6.08 Å². The molecular weight excluding hydrogens is 502 g/mol. The molecule has 10 nitrogen and oxygen atoms in total. The first-order valence-electron chi connectivity index (χ1n) is 12.5. The van der Waals surface area contributed by atoms with E-state index in [0.29, 0.717) is 30.4 Å². The van der Waals surface area contributed by atoms with Gasteiger partial charge in [-0.05, 0) is 41.5 Å². The number of imide groups is 1. The Morgan fingerprint density at radius 3 is 2.38 bits per heavy atom. The molecule has 0 N–H and O–H groups in total. The maximum atomic E-state index is 14.1. The smallest absolute Gasteiger partial charge is 0.269 e. The Balaban J connectivity index is 1.33. The number of non-ortho nitro benzene ring substituents is 1. The van der Waals surface area contributed by atoms with E-state index < -0.39 is 34.7 Å². The number of Topliss-reactive ketones (excluding diaryl/α,β-unsaturated/α-hetero) is 1. The van der Waals surface area contributed by atoms with E-state index in [-0.39, 0.29) is 22.9 Å². The maximum Gasteiger partial charge on any atom is 0.269 e. The predicted molar refractivity (Wildman–Crippen MR) is 138 cm³/mol. The van der Waals surface area contributed by atoms with Crippen LogP contribution >= 0.6 is 0 Å². The van der Waals surface area contributed by atoms with Gasteiger partial charge in [-0.2, -0.15) is 0 Å². The van der Waals surface area contributed by atoms with Gasteiger partial charge < -0.3 is 14.4 Å². The summed E-state index contributed by atoms with van der Waals surface area (Å²) < 4.78 is 11.3. The van der Waals surface area contributed by atoms with Gasteiger partial charge in [-0.3, -0.25) is 24.5 Å². The fourth-order valence-electron chi connectivity index (χ4n) is 6.20. The minimum atomic E-state index is -0.968. The van der Waals surface area contributed by atoms with Gasteiger partial charge in [-0.25, -0.2) is 4.90 Å². The van der Waals surface area contributed by atoms with Crippen molar-refractivity contribution in [2.24, 2.45) is 11.8 Å². The molecule has 0 aromatic heterocycles. The number of hydrogen-bond donors (Lipinski definition) is 0. The van der Waals surface area contributed by atoms with Crippen molar-refractivity contribution in [2.45, 2.75) is 12.1 Å². The normalized spacial score (nSPS) is 24.3. The highest BCUT2D eigenvalue weighted by Crippen LogP contribution is 2.54. The number of anilines is 1. The van der Waals surface area contributed by atoms with Crippen LogP contribution in [-0.2, 0) is 9.59 Å². The number of hydrogen-bond acceptors (Lipinski definition) is 8. The average Bonchev–Trinajstić information content (AvgIpc) is 3.44. The molecule has 10 heteroatoms. The lowest BCUT2D eigenvalue weighted by molar-refractivity contribution is -0.384. The standard InChI is InChI=1S/C29H21N3O7/c33-27(17-5-7-18(8-6-17)32(36)37)26-24-23(25-20-4-2-1-3-16(20)11-12-30(25)26)28(34)31(29(24)35)19-9-10-21-22(15-19)39-14-13-38-21/h1-12,15,23-26H,13-14H2/t23-,24+,25-,26-/m0/s1. The first-order valence-corrected chi connectivity index (χ1v) is 12.5. The van der Waals surface area contributed by atoms with Gasteiger partial charge in [0, 0.05) is 30.0 Å². The Hall–Kier alpha value is -4.99. The van der Waals surface area contributed by atoms with Gasteiger partial charge in [0.05, 0.1) is 28.5 Å². The topological polar surface area (TPSA) is 119 Å². The van der Waals surface area contributed by atoms with E-state index >= 15 is 0 Å². The highest BCUT2D eigenvalue weighted by Gasteiger charge is 2.64. The summed E-state index contributed by atoms with van der Waals surface area (Å²) in [6.45, 7) is 0.768. The van der Waals surface area contributed by atoms with E-state index in [1.807, 2.05) is 30.3 Å². The van der Waals surface area contributed by atoms with Crippen LogP contribution < -0.4 is 14.4 Å². The highest BCUT2D eigenvalue weighted by molar-refractivity contribution is 6.24. The second-order valence-corrected chi connectivity index (χ2v) is 9.84. The minimum Gasteiger partial charge on any atom is -0.486 e. The van der Waals surface area contributed by atoms with Gasteiger partial charge in [0.25, 0.3) is 5.69 Å². The number of carbonyl (C=O) groups is 3. The lowest BCUT2D eigenvalue weighted by Gasteiger charge is -2.35. The molecule has 0 aliphatic carbocycles. The van der Waals surface area contributed by atoms with Crippen molar-refractivity contribution >= 4 is 35.0 Å². The number of fused-ring (bicyclic) bond motifs is 6. The third kappa shape index (κ3) is 3.37. The predicted octanol–water partition coefficient (Wildman–Crippen LogP) is 3.76. The lowest BCUT2D eigenvalue weighted by atomic mass is 9.83. The van der Waals surface area contributed by atoms with Crippen molar-refractivity contribution in [2.75, 3.05) is 18.1 Å². The molecule has 0 radical (unpaired) electrons. The molecule has 4 heterocycles. The second-order valence-electron chi connectivity index (χ2n) is 9.84. The van der Waals surface area contributed by atoms with Crippen LogP contribution in [0.3, 0.4) is 0 Å². The molecular formula is C29H21N3O7. The summed E-state index contributed by atoms with van der Waals surface area (Å²) in [6, 6.07) is 16.4. The first kappa shape index (κ1) is 23.2. The van der Waals surface area contributed by atoms with E-state index in [1.165, 1.54) is 24.3 Å². The second kappa shape index (κ2) is 8.52. The number of carbonyl (C=O) groups excluding carboxylic acids is 3. The van der Waals surface area contributed by atoms with Crippen LogP contribution in [0.5, 0.6) is 11.5 Å². The van der Waals surface area contributed by atoms with E-state index in [4.69, 9.17) is 9.47 Å². The number of rotatable bonds is 4. The Kier molecular flexibility index (Phi) is 5.06. The summed E-state index contributed by atoms with van der Waals surface area (Å²) >= 11 is 0. The van der Waals surface area contributed by atoms with Gasteiger partial charge in [0.2, 0.25) is 11.8 Å². The van der Waals surface area contributed by atoms with Crippen LogP contribution in [0.2, 0.25) is 0 Å². The van der Waals surface area contributed by atoms with Crippen LogP contribution in [0.4, 0.5) is 11.4 Å². The van der Waals surface area contributed by atoms with E-state index in [0.717, 1.165) is 16.0 Å². The molecule has 2 amide bonds. The summed E-state index contributed by atoms with van der Waals surface area (Å²) in [4.78, 5) is 55.6. The fourth-order valence-corrected chi connectivity index (χ4v) is 6.20. The number of ketones is 1. The van der Waals surface area contributed by atoms with E-state index in [1.54, 1.807) is 29.3 Å². The molecule has 2 saturated heterocycles. The maximum absolute atomic E-state index is 14.1. The first-order chi connectivity index (χ1) is 18.9. The molecule has 4 aliphatic heterocycles. The molecule has 39 heavy (non-hydrogen) atoms. The van der Waals surface area contributed by atoms with Crippen LogP contribution in [-0.4, -0.2) is 46.7 Å².